The molecule has 34 heavy (non-hydrogen) atoms. The quantitative estimate of drug-likeness (QED) is 0.348. The molecule has 0 saturated heterocycles. The highest BCUT2D eigenvalue weighted by Crippen LogP contribution is 2.71. The second kappa shape index (κ2) is 8.17. The van der Waals surface area contributed by atoms with E-state index in [4.69, 9.17) is 21.7 Å². The molecule has 0 bridgehead atoms. The van der Waals surface area contributed by atoms with E-state index in [0.29, 0.717) is 6.42 Å². The predicted octanol–water partition coefficient (Wildman–Crippen LogP) is 3.54. The zero-order chi connectivity index (χ0) is 25.3. The molecule has 9 atom stereocenters. The number of hydrogen-bond acceptors (Lipinski definition) is 7. The van der Waals surface area contributed by atoms with E-state index >= 15 is 8.78 Å². The largest absolute Gasteiger partial charge is 0.457 e. The molecule has 2 N–H and O–H groups in total. The van der Waals surface area contributed by atoms with Crippen molar-refractivity contribution < 1.29 is 38.1 Å². The summed E-state index contributed by atoms with van der Waals surface area (Å²) in [6, 6.07) is 0. The van der Waals surface area contributed by atoms with Crippen molar-refractivity contribution in [3.05, 3.63) is 23.8 Å². The van der Waals surface area contributed by atoms with E-state index in [1.165, 1.54) is 19.1 Å². The van der Waals surface area contributed by atoms with Gasteiger partial charge in [0.15, 0.2) is 23.8 Å². The van der Waals surface area contributed by atoms with Crippen LogP contribution in [0.5, 0.6) is 0 Å². The average Bonchev–Trinajstić information content (AvgIpc) is 2.99. The molecule has 0 radical (unpaired) electrons. The van der Waals surface area contributed by atoms with Gasteiger partial charge in [-0.2, -0.15) is 0 Å². The van der Waals surface area contributed by atoms with E-state index < -0.39 is 70.7 Å². The number of carbonyl (C=O) groups excluding carboxylic acids is 2. The Labute approximate surface area is 203 Å². The summed E-state index contributed by atoms with van der Waals surface area (Å²) in [5.74, 6) is -2.82. The molecule has 6 nitrogen and oxygen atoms in total. The number of allylic oxidation sites excluding steroid dienone is 4. The maximum absolute atomic E-state index is 17.3. The molecule has 4 aliphatic carbocycles. The standard InChI is InChI=1S/C25H32F2O6S/c1-5-20(31)33-25(21(34)32-12-28)13(2)8-15-16-10-18(26)17-9-14(29)6-7-22(17,3)24(16,27)19(30)11-23(15,25)4/h6-7,9,13,15-16,18-19,28,30H,5,8,10-12H2,1-4H3/t13-,15+,16+,18+,19+,22+,23+,24+,25+/m1/s1. The van der Waals surface area contributed by atoms with Crippen LogP contribution in [0.15, 0.2) is 23.8 Å². The van der Waals surface area contributed by atoms with Gasteiger partial charge in [-0.1, -0.05) is 26.8 Å². The number of halogens is 2. The molecule has 0 aromatic rings. The number of aliphatic hydroxyl groups excluding tert-OH is 2. The Kier molecular flexibility index (Phi) is 6.10. The SMILES string of the molecule is CCC(=O)O[C@]1(C(=S)OCO)[C@H](C)C[C@H]2[C@@H]3C[C@H](F)C4=CC(=O)C=C[C@]4(C)[C@@]3(F)[C@@H](O)C[C@@]21C. The lowest BCUT2D eigenvalue weighted by Crippen LogP contribution is -2.71. The molecular weight excluding hydrogens is 466 g/mol. The van der Waals surface area contributed by atoms with E-state index in [9.17, 15) is 19.8 Å². The van der Waals surface area contributed by atoms with Crippen LogP contribution in [-0.2, 0) is 19.1 Å². The van der Waals surface area contributed by atoms with Gasteiger partial charge in [-0.25, -0.2) is 8.78 Å². The van der Waals surface area contributed by atoms with E-state index in [-0.39, 0.29) is 29.9 Å². The fraction of sp³-hybridized carbons (Fsp3) is 0.720. The van der Waals surface area contributed by atoms with Crippen LogP contribution in [0.1, 0.15) is 53.4 Å². The summed E-state index contributed by atoms with van der Waals surface area (Å²) in [6.07, 6.45) is 0.733. The van der Waals surface area contributed by atoms with Gasteiger partial charge in [-0.05, 0) is 62.0 Å². The molecule has 0 heterocycles. The summed E-state index contributed by atoms with van der Waals surface area (Å²) in [4.78, 5) is 24.5. The minimum atomic E-state index is -2.24. The third kappa shape index (κ3) is 2.99. The Hall–Kier alpha value is -1.71. The van der Waals surface area contributed by atoms with Crippen molar-refractivity contribution in [1.82, 2.24) is 0 Å². The maximum atomic E-state index is 17.3. The monoisotopic (exact) mass is 498 g/mol. The summed E-state index contributed by atoms with van der Waals surface area (Å²) in [6.45, 7) is 6.03. The minimum Gasteiger partial charge on any atom is -0.457 e. The van der Waals surface area contributed by atoms with E-state index in [0.717, 1.165) is 6.08 Å². The number of fused-ring (bicyclic) bond motifs is 5. The number of rotatable bonds is 4. The van der Waals surface area contributed by atoms with E-state index in [2.05, 4.69) is 0 Å². The van der Waals surface area contributed by atoms with Crippen LogP contribution in [-0.4, -0.2) is 57.4 Å². The molecule has 9 heteroatoms. The lowest BCUT2D eigenvalue weighted by Gasteiger charge is -2.63. The zero-order valence-electron chi connectivity index (χ0n) is 19.8. The van der Waals surface area contributed by atoms with Gasteiger partial charge in [0, 0.05) is 29.1 Å². The summed E-state index contributed by atoms with van der Waals surface area (Å²) in [7, 11) is 0. The van der Waals surface area contributed by atoms with Crippen molar-refractivity contribution in [3.63, 3.8) is 0 Å². The van der Waals surface area contributed by atoms with Gasteiger partial charge in [0.2, 0.25) is 5.05 Å². The van der Waals surface area contributed by atoms with Crippen LogP contribution in [0.4, 0.5) is 8.78 Å². The summed E-state index contributed by atoms with van der Waals surface area (Å²) in [5, 5.41) is 20.7. The van der Waals surface area contributed by atoms with Crippen LogP contribution in [0.3, 0.4) is 0 Å². The predicted molar refractivity (Wildman–Crippen MR) is 123 cm³/mol. The first-order chi connectivity index (χ1) is 15.8. The van der Waals surface area contributed by atoms with Crippen molar-refractivity contribution in [2.45, 2.75) is 76.9 Å². The molecule has 0 amide bonds. The Balaban J connectivity index is 1.87. The number of ketones is 1. The third-order valence-electron chi connectivity index (χ3n) is 9.23. The fourth-order valence-electron chi connectivity index (χ4n) is 7.64. The molecule has 0 aromatic carbocycles. The second-order valence-electron chi connectivity index (χ2n) is 10.6. The number of carbonyl (C=O) groups is 2. The number of esters is 1. The van der Waals surface area contributed by atoms with Gasteiger partial charge in [0.25, 0.3) is 0 Å². The summed E-state index contributed by atoms with van der Waals surface area (Å²) < 4.78 is 44.1. The van der Waals surface area contributed by atoms with Gasteiger partial charge in [0.1, 0.15) is 6.17 Å². The normalized spacial score (nSPS) is 47.2. The van der Waals surface area contributed by atoms with Crippen molar-refractivity contribution >= 4 is 29.0 Å². The lowest BCUT2D eigenvalue weighted by atomic mass is 9.44. The Morgan fingerprint density at radius 1 is 1.29 bits per heavy atom. The number of ether oxygens (including phenoxy) is 2. The molecule has 188 valence electrons. The molecule has 4 rings (SSSR count). The van der Waals surface area contributed by atoms with Crippen molar-refractivity contribution in [2.24, 2.45) is 28.6 Å². The van der Waals surface area contributed by atoms with Crippen LogP contribution in [0.2, 0.25) is 0 Å². The molecular formula is C25H32F2O6S. The molecule has 0 aliphatic heterocycles. The van der Waals surface area contributed by atoms with Crippen molar-refractivity contribution in [3.8, 4) is 0 Å². The van der Waals surface area contributed by atoms with Crippen LogP contribution in [0, 0.1) is 28.6 Å². The molecule has 0 spiro atoms. The molecule has 0 unspecified atom stereocenters. The number of alkyl halides is 2. The van der Waals surface area contributed by atoms with Crippen molar-refractivity contribution in [1.29, 1.82) is 0 Å². The summed E-state index contributed by atoms with van der Waals surface area (Å²) >= 11 is 5.51. The third-order valence-corrected chi connectivity index (χ3v) is 9.65. The van der Waals surface area contributed by atoms with Crippen LogP contribution in [0.25, 0.3) is 0 Å². The topological polar surface area (TPSA) is 93.1 Å². The molecule has 4 aliphatic rings. The van der Waals surface area contributed by atoms with Gasteiger partial charge in [-0.3, -0.25) is 9.59 Å². The molecule has 3 saturated carbocycles. The zero-order valence-corrected chi connectivity index (χ0v) is 20.7. The Morgan fingerprint density at radius 3 is 2.59 bits per heavy atom. The second-order valence-corrected chi connectivity index (χ2v) is 11.0. The Bertz CT molecular complexity index is 982. The maximum Gasteiger partial charge on any atom is 0.306 e. The first-order valence-corrected chi connectivity index (χ1v) is 12.2. The van der Waals surface area contributed by atoms with Crippen LogP contribution < -0.4 is 0 Å². The highest BCUT2D eigenvalue weighted by atomic mass is 32.1. The molecule has 0 aromatic heterocycles. The number of hydrogen-bond donors (Lipinski definition) is 2. The molecule has 3 fully saturated rings. The van der Waals surface area contributed by atoms with Gasteiger partial charge >= 0.3 is 5.97 Å². The first-order valence-electron chi connectivity index (χ1n) is 11.8. The number of aliphatic hydroxyl groups is 2. The highest BCUT2D eigenvalue weighted by molar-refractivity contribution is 7.80. The first kappa shape index (κ1) is 25.4. The van der Waals surface area contributed by atoms with Gasteiger partial charge < -0.3 is 19.7 Å². The fourth-order valence-corrected chi connectivity index (χ4v) is 8.16. The summed E-state index contributed by atoms with van der Waals surface area (Å²) in [5.41, 5.74) is -6.27. The number of thiocarbonyl (C=S) groups is 1. The Morgan fingerprint density at radius 2 is 1.97 bits per heavy atom. The van der Waals surface area contributed by atoms with E-state index in [1.54, 1.807) is 13.8 Å². The minimum absolute atomic E-state index is 0.0512. The average molecular weight is 499 g/mol. The highest BCUT2D eigenvalue weighted by Gasteiger charge is 2.77. The van der Waals surface area contributed by atoms with Gasteiger partial charge in [-0.15, -0.1) is 0 Å². The van der Waals surface area contributed by atoms with Crippen LogP contribution >= 0.6 is 12.2 Å². The van der Waals surface area contributed by atoms with Gasteiger partial charge in [0.05, 0.1) is 6.10 Å². The smallest absolute Gasteiger partial charge is 0.306 e. The van der Waals surface area contributed by atoms with E-state index in [1.807, 2.05) is 6.92 Å². The lowest BCUT2D eigenvalue weighted by molar-refractivity contribution is -0.223. The van der Waals surface area contributed by atoms with Crippen molar-refractivity contribution in [2.75, 3.05) is 6.79 Å².